The summed E-state index contributed by atoms with van der Waals surface area (Å²) in [6, 6.07) is 9.43. The van der Waals surface area contributed by atoms with Crippen LogP contribution in [0.15, 0.2) is 42.5 Å². The van der Waals surface area contributed by atoms with Crippen LogP contribution < -0.4 is 5.32 Å². The van der Waals surface area contributed by atoms with Crippen molar-refractivity contribution in [1.29, 1.82) is 0 Å². The molecular weight excluding hydrogens is 315 g/mol. The van der Waals surface area contributed by atoms with E-state index < -0.39 is 29.0 Å². The van der Waals surface area contributed by atoms with Crippen molar-refractivity contribution in [3.05, 3.63) is 71.1 Å². The van der Waals surface area contributed by atoms with Gasteiger partial charge >= 0.3 is 0 Å². The lowest BCUT2D eigenvalue weighted by Crippen LogP contribution is -2.10. The van der Waals surface area contributed by atoms with Crippen LogP contribution in [0.1, 0.15) is 25.0 Å². The van der Waals surface area contributed by atoms with E-state index in [4.69, 9.17) is 0 Å². The van der Waals surface area contributed by atoms with Crippen molar-refractivity contribution in [3.63, 3.8) is 0 Å². The zero-order chi connectivity index (χ0) is 17.7. The van der Waals surface area contributed by atoms with Gasteiger partial charge in [0.05, 0.1) is 5.69 Å². The minimum absolute atomic E-state index is 0.407. The van der Waals surface area contributed by atoms with Crippen LogP contribution in [-0.4, -0.2) is 5.91 Å². The maximum absolute atomic E-state index is 13.5. The summed E-state index contributed by atoms with van der Waals surface area (Å²) in [6.07, 6.45) is 3.74. The smallest absolute Gasteiger partial charge is 0.248 e. The van der Waals surface area contributed by atoms with Crippen LogP contribution in [-0.2, 0) is 11.2 Å². The number of anilines is 1. The predicted octanol–water partition coefficient (Wildman–Crippen LogP) is 4.95. The molecule has 0 heterocycles. The van der Waals surface area contributed by atoms with Gasteiger partial charge in [0.1, 0.15) is 0 Å². The summed E-state index contributed by atoms with van der Waals surface area (Å²) >= 11 is 0. The summed E-state index contributed by atoms with van der Waals surface area (Å²) in [5.41, 5.74) is 1.61. The normalized spacial score (nSPS) is 11.2. The summed E-state index contributed by atoms with van der Waals surface area (Å²) in [5.74, 6) is -4.41. The van der Waals surface area contributed by atoms with Crippen molar-refractivity contribution in [2.24, 2.45) is 5.92 Å². The third-order valence-corrected chi connectivity index (χ3v) is 3.34. The Morgan fingerprint density at radius 2 is 1.71 bits per heavy atom. The SMILES string of the molecule is CC(C)Cc1ccc(C=CC(=O)Nc2ccc(F)c(F)c2F)cc1. The highest BCUT2D eigenvalue weighted by Crippen LogP contribution is 2.19. The average Bonchev–Trinajstić information content (AvgIpc) is 2.54. The lowest BCUT2D eigenvalue weighted by molar-refractivity contribution is -0.111. The fourth-order valence-corrected chi connectivity index (χ4v) is 2.20. The number of rotatable bonds is 5. The molecule has 1 N–H and O–H groups in total. The van der Waals surface area contributed by atoms with Crippen molar-refractivity contribution < 1.29 is 18.0 Å². The Labute approximate surface area is 139 Å². The molecule has 24 heavy (non-hydrogen) atoms. The molecule has 2 aromatic rings. The summed E-state index contributed by atoms with van der Waals surface area (Å²) in [7, 11) is 0. The van der Waals surface area contributed by atoms with Gasteiger partial charge in [-0.2, -0.15) is 0 Å². The highest BCUT2D eigenvalue weighted by atomic mass is 19.2. The van der Waals surface area contributed by atoms with Gasteiger partial charge in [0.15, 0.2) is 17.5 Å². The van der Waals surface area contributed by atoms with E-state index in [1.54, 1.807) is 6.08 Å². The number of hydrogen-bond acceptors (Lipinski definition) is 1. The van der Waals surface area contributed by atoms with E-state index in [1.807, 2.05) is 24.3 Å². The number of benzene rings is 2. The van der Waals surface area contributed by atoms with Crippen LogP contribution in [0.2, 0.25) is 0 Å². The van der Waals surface area contributed by atoms with Crippen molar-refractivity contribution in [2.75, 3.05) is 5.32 Å². The van der Waals surface area contributed by atoms with E-state index in [1.165, 1.54) is 11.6 Å². The Kier molecular flexibility index (Phi) is 5.79. The molecule has 0 spiro atoms. The predicted molar refractivity (Wildman–Crippen MR) is 89.0 cm³/mol. The van der Waals surface area contributed by atoms with Crippen LogP contribution in [0, 0.1) is 23.4 Å². The number of carbonyl (C=O) groups is 1. The zero-order valence-corrected chi connectivity index (χ0v) is 13.4. The van der Waals surface area contributed by atoms with Gasteiger partial charge in [0.2, 0.25) is 5.91 Å². The molecule has 0 fully saturated rings. The highest BCUT2D eigenvalue weighted by Gasteiger charge is 2.14. The molecule has 0 radical (unpaired) electrons. The maximum atomic E-state index is 13.5. The lowest BCUT2D eigenvalue weighted by Gasteiger charge is -2.05. The van der Waals surface area contributed by atoms with Gasteiger partial charge in [-0.25, -0.2) is 13.2 Å². The second-order valence-electron chi connectivity index (χ2n) is 5.89. The molecule has 1 amide bonds. The van der Waals surface area contributed by atoms with Gasteiger partial charge in [-0.05, 0) is 41.7 Å². The van der Waals surface area contributed by atoms with Crippen molar-refractivity contribution >= 4 is 17.7 Å². The summed E-state index contributed by atoms with van der Waals surface area (Å²) in [4.78, 5) is 11.8. The Bertz CT molecular complexity index is 752. The Morgan fingerprint density at radius 1 is 1.04 bits per heavy atom. The van der Waals surface area contributed by atoms with Gasteiger partial charge in [-0.1, -0.05) is 38.1 Å². The fourth-order valence-electron chi connectivity index (χ4n) is 2.20. The molecule has 0 aliphatic rings. The van der Waals surface area contributed by atoms with Gasteiger partial charge in [-0.15, -0.1) is 0 Å². The van der Waals surface area contributed by atoms with Crippen LogP contribution >= 0.6 is 0 Å². The van der Waals surface area contributed by atoms with E-state index >= 15 is 0 Å². The molecule has 0 bridgehead atoms. The fraction of sp³-hybridized carbons (Fsp3) is 0.211. The van der Waals surface area contributed by atoms with Crippen LogP contribution in [0.3, 0.4) is 0 Å². The standard InChI is InChI=1S/C19H18F3NO/c1-12(2)11-14-5-3-13(4-6-14)7-10-17(24)23-16-9-8-15(20)18(21)19(16)22/h3-10,12H,11H2,1-2H3,(H,23,24). The molecule has 0 unspecified atom stereocenters. The zero-order valence-electron chi connectivity index (χ0n) is 13.4. The summed E-state index contributed by atoms with van der Waals surface area (Å²) < 4.78 is 39.4. The van der Waals surface area contributed by atoms with Gasteiger partial charge in [-0.3, -0.25) is 4.79 Å². The molecule has 2 aromatic carbocycles. The first-order valence-electron chi connectivity index (χ1n) is 7.58. The molecule has 0 saturated heterocycles. The molecule has 0 aliphatic carbocycles. The van der Waals surface area contributed by atoms with Crippen molar-refractivity contribution in [2.45, 2.75) is 20.3 Å². The van der Waals surface area contributed by atoms with Gasteiger partial charge in [0, 0.05) is 6.08 Å². The molecule has 2 rings (SSSR count). The Balaban J connectivity index is 2.02. The van der Waals surface area contributed by atoms with Gasteiger partial charge < -0.3 is 5.32 Å². The number of hydrogen-bond donors (Lipinski definition) is 1. The third-order valence-electron chi connectivity index (χ3n) is 3.34. The molecule has 0 aromatic heterocycles. The topological polar surface area (TPSA) is 29.1 Å². The molecule has 2 nitrogen and oxygen atoms in total. The van der Waals surface area contributed by atoms with E-state index in [9.17, 15) is 18.0 Å². The van der Waals surface area contributed by atoms with E-state index in [-0.39, 0.29) is 0 Å². The van der Waals surface area contributed by atoms with Crippen LogP contribution in [0.25, 0.3) is 6.08 Å². The Morgan fingerprint density at radius 3 is 2.33 bits per heavy atom. The number of amides is 1. The minimum atomic E-state index is -1.61. The monoisotopic (exact) mass is 333 g/mol. The minimum Gasteiger partial charge on any atom is -0.320 e. The van der Waals surface area contributed by atoms with E-state index in [0.717, 1.165) is 24.1 Å². The number of carbonyl (C=O) groups excluding carboxylic acids is 1. The molecule has 0 saturated carbocycles. The number of nitrogens with one attached hydrogen (secondary N) is 1. The first kappa shape index (κ1) is 17.8. The molecule has 5 heteroatoms. The summed E-state index contributed by atoms with van der Waals surface area (Å²) in [5, 5.41) is 2.18. The van der Waals surface area contributed by atoms with Crippen LogP contribution in [0.4, 0.5) is 18.9 Å². The Hall–Kier alpha value is -2.56. The van der Waals surface area contributed by atoms with Crippen LogP contribution in [0.5, 0.6) is 0 Å². The first-order chi connectivity index (χ1) is 11.4. The maximum Gasteiger partial charge on any atom is 0.248 e. The van der Waals surface area contributed by atoms with Crippen molar-refractivity contribution in [1.82, 2.24) is 0 Å². The highest BCUT2D eigenvalue weighted by molar-refractivity contribution is 6.02. The molecule has 0 atom stereocenters. The summed E-state index contributed by atoms with van der Waals surface area (Å²) in [6.45, 7) is 4.27. The quantitative estimate of drug-likeness (QED) is 0.608. The van der Waals surface area contributed by atoms with E-state index in [2.05, 4.69) is 19.2 Å². The lowest BCUT2D eigenvalue weighted by atomic mass is 10.0. The van der Waals surface area contributed by atoms with Crippen molar-refractivity contribution in [3.8, 4) is 0 Å². The molecular formula is C19H18F3NO. The first-order valence-corrected chi connectivity index (χ1v) is 7.58. The van der Waals surface area contributed by atoms with Gasteiger partial charge in [0.25, 0.3) is 0 Å². The third kappa shape index (κ3) is 4.72. The molecule has 0 aliphatic heterocycles. The van der Waals surface area contributed by atoms with E-state index in [0.29, 0.717) is 5.92 Å². The average molecular weight is 333 g/mol. The number of halogens is 3. The second kappa shape index (κ2) is 7.81. The molecule has 126 valence electrons. The second-order valence-corrected chi connectivity index (χ2v) is 5.89. The largest absolute Gasteiger partial charge is 0.320 e.